The quantitative estimate of drug-likeness (QED) is 0.921. The first-order valence-electron chi connectivity index (χ1n) is 6.98. The molecule has 0 bridgehead atoms. The maximum Gasteiger partial charge on any atom is 0.409 e. The van der Waals surface area contributed by atoms with Crippen LogP contribution in [0.15, 0.2) is 36.4 Å². The van der Waals surface area contributed by atoms with Crippen molar-refractivity contribution in [2.75, 3.05) is 6.54 Å². The molecule has 0 aliphatic carbocycles. The summed E-state index contributed by atoms with van der Waals surface area (Å²) in [7, 11) is 0. The number of halogens is 3. The lowest BCUT2D eigenvalue weighted by molar-refractivity contribution is -0.191. The van der Waals surface area contributed by atoms with Crippen LogP contribution in [0.1, 0.15) is 23.6 Å². The molecule has 1 heterocycles. The van der Waals surface area contributed by atoms with E-state index in [4.69, 9.17) is 0 Å². The number of nitrogens with zero attached hydrogens (tertiary/aromatic N) is 1. The zero-order valence-corrected chi connectivity index (χ0v) is 11.9. The van der Waals surface area contributed by atoms with E-state index in [-0.39, 0.29) is 24.4 Å². The number of carbonyl (C=O) groups excluding carboxylic acids is 1. The molecule has 3 nitrogen and oxygen atoms in total. The summed E-state index contributed by atoms with van der Waals surface area (Å²) in [6.07, 6.45) is -4.38. The van der Waals surface area contributed by atoms with Gasteiger partial charge in [-0.2, -0.15) is 13.2 Å². The van der Waals surface area contributed by atoms with E-state index in [9.17, 15) is 18.0 Å². The Morgan fingerprint density at radius 2 is 2.00 bits per heavy atom. The number of rotatable bonds is 2. The molecule has 2 aromatic rings. The summed E-state index contributed by atoms with van der Waals surface area (Å²) < 4.78 is 40.5. The molecule has 1 saturated heterocycles. The Morgan fingerprint density at radius 3 is 2.64 bits per heavy atom. The van der Waals surface area contributed by atoms with Gasteiger partial charge in [-0.25, -0.2) is 5.01 Å². The van der Waals surface area contributed by atoms with E-state index >= 15 is 0 Å². The average molecular weight is 308 g/mol. The lowest BCUT2D eigenvalue weighted by atomic mass is 9.98. The number of amides is 1. The third-order valence-corrected chi connectivity index (χ3v) is 3.91. The van der Waals surface area contributed by atoms with Crippen LogP contribution in [0.25, 0.3) is 10.8 Å². The van der Waals surface area contributed by atoms with Crippen molar-refractivity contribution in [1.82, 2.24) is 10.4 Å². The molecule has 116 valence electrons. The third kappa shape index (κ3) is 2.66. The van der Waals surface area contributed by atoms with Crippen LogP contribution in [0.2, 0.25) is 0 Å². The van der Waals surface area contributed by atoms with Crippen LogP contribution in [-0.4, -0.2) is 23.6 Å². The Morgan fingerprint density at radius 1 is 1.23 bits per heavy atom. The van der Waals surface area contributed by atoms with Crippen molar-refractivity contribution in [1.29, 1.82) is 0 Å². The summed E-state index contributed by atoms with van der Waals surface area (Å²) in [6.45, 7) is 1.92. The highest BCUT2D eigenvalue weighted by Gasteiger charge is 2.46. The van der Waals surface area contributed by atoms with E-state index in [2.05, 4.69) is 5.43 Å². The van der Waals surface area contributed by atoms with E-state index < -0.39 is 12.2 Å². The summed E-state index contributed by atoms with van der Waals surface area (Å²) >= 11 is 0. The molecule has 1 unspecified atom stereocenters. The van der Waals surface area contributed by atoms with Gasteiger partial charge in [-0.3, -0.25) is 10.2 Å². The second-order valence-electron chi connectivity index (χ2n) is 5.48. The summed E-state index contributed by atoms with van der Waals surface area (Å²) in [5.41, 5.74) is 3.35. The summed E-state index contributed by atoms with van der Waals surface area (Å²) in [5, 5.41) is 2.66. The number of hydrogen-bond acceptors (Lipinski definition) is 2. The molecule has 1 atom stereocenters. The summed E-state index contributed by atoms with van der Waals surface area (Å²) in [5.74, 6) is -0.383. The van der Waals surface area contributed by atoms with Gasteiger partial charge in [0.2, 0.25) is 5.91 Å². The van der Waals surface area contributed by atoms with E-state index in [1.165, 1.54) is 6.07 Å². The lowest BCUT2D eigenvalue weighted by Crippen LogP contribution is -2.43. The molecule has 22 heavy (non-hydrogen) atoms. The van der Waals surface area contributed by atoms with Gasteiger partial charge in [-0.15, -0.1) is 0 Å². The van der Waals surface area contributed by atoms with Crippen molar-refractivity contribution >= 4 is 16.7 Å². The van der Waals surface area contributed by atoms with Crippen LogP contribution in [0, 0.1) is 6.92 Å². The molecule has 1 N–H and O–H groups in total. The van der Waals surface area contributed by atoms with Gasteiger partial charge in [0, 0.05) is 13.0 Å². The number of aryl methyl sites for hydroxylation is 1. The zero-order chi connectivity index (χ0) is 15.9. The van der Waals surface area contributed by atoms with Crippen LogP contribution in [-0.2, 0) is 4.79 Å². The zero-order valence-electron chi connectivity index (χ0n) is 11.9. The first kappa shape index (κ1) is 14.8. The van der Waals surface area contributed by atoms with Gasteiger partial charge in [0.15, 0.2) is 0 Å². The Kier molecular flexibility index (Phi) is 3.56. The van der Waals surface area contributed by atoms with Gasteiger partial charge >= 0.3 is 6.18 Å². The Balaban J connectivity index is 2.08. The maximum absolute atomic E-state index is 13.5. The summed E-state index contributed by atoms with van der Waals surface area (Å²) in [4.78, 5) is 11.3. The molecule has 0 radical (unpaired) electrons. The Labute approximate surface area is 125 Å². The minimum atomic E-state index is -4.46. The number of hydrazine groups is 1. The highest BCUT2D eigenvalue weighted by molar-refractivity contribution is 5.86. The lowest BCUT2D eigenvalue weighted by Gasteiger charge is -2.29. The Bertz CT molecular complexity index is 727. The first-order chi connectivity index (χ1) is 10.4. The molecule has 0 saturated carbocycles. The molecule has 0 aromatic heterocycles. The molecular formula is C16H15F3N2O. The number of fused-ring (bicyclic) bond motifs is 1. The SMILES string of the molecule is Cc1cccc2ccc(C(N3CCC(=O)N3)C(F)(F)F)cc12. The number of alkyl halides is 3. The van der Waals surface area contributed by atoms with Crippen molar-refractivity contribution in [3.05, 3.63) is 47.5 Å². The molecule has 1 aliphatic rings. The predicted molar refractivity (Wildman–Crippen MR) is 76.9 cm³/mol. The molecule has 1 aliphatic heterocycles. The van der Waals surface area contributed by atoms with Gasteiger partial charge in [0.05, 0.1) is 0 Å². The monoisotopic (exact) mass is 308 g/mol. The fourth-order valence-corrected chi connectivity index (χ4v) is 2.85. The summed E-state index contributed by atoms with van der Waals surface area (Å²) in [6, 6.07) is 8.51. The maximum atomic E-state index is 13.5. The fraction of sp³-hybridized carbons (Fsp3) is 0.312. The highest BCUT2D eigenvalue weighted by Crippen LogP contribution is 2.39. The van der Waals surface area contributed by atoms with Crippen molar-refractivity contribution in [3.63, 3.8) is 0 Å². The van der Waals surface area contributed by atoms with Crippen LogP contribution in [0.3, 0.4) is 0 Å². The average Bonchev–Trinajstić information content (AvgIpc) is 2.84. The van der Waals surface area contributed by atoms with E-state index in [0.717, 1.165) is 21.3 Å². The second kappa shape index (κ2) is 5.28. The van der Waals surface area contributed by atoms with Crippen molar-refractivity contribution in [2.45, 2.75) is 25.6 Å². The van der Waals surface area contributed by atoms with E-state index in [0.29, 0.717) is 0 Å². The molecule has 3 rings (SSSR count). The van der Waals surface area contributed by atoms with Crippen LogP contribution >= 0.6 is 0 Å². The largest absolute Gasteiger partial charge is 0.409 e. The number of nitrogens with one attached hydrogen (secondary N) is 1. The number of carbonyl (C=O) groups is 1. The fourth-order valence-electron chi connectivity index (χ4n) is 2.85. The molecule has 1 fully saturated rings. The van der Waals surface area contributed by atoms with Gasteiger partial charge in [-0.05, 0) is 34.9 Å². The van der Waals surface area contributed by atoms with Crippen LogP contribution in [0.5, 0.6) is 0 Å². The molecule has 0 spiro atoms. The predicted octanol–water partition coefficient (Wildman–Crippen LogP) is 3.49. The van der Waals surface area contributed by atoms with Crippen LogP contribution < -0.4 is 5.43 Å². The minimum absolute atomic E-state index is 0.0504. The van der Waals surface area contributed by atoms with Crippen molar-refractivity contribution < 1.29 is 18.0 Å². The van der Waals surface area contributed by atoms with Gasteiger partial charge in [0.25, 0.3) is 0 Å². The molecule has 2 aromatic carbocycles. The van der Waals surface area contributed by atoms with Crippen LogP contribution in [0.4, 0.5) is 13.2 Å². The van der Waals surface area contributed by atoms with E-state index in [1.807, 2.05) is 25.1 Å². The normalized spacial score (nSPS) is 17.7. The Hall–Kier alpha value is -2.08. The standard InChI is InChI=1S/C16H15F3N2O/c1-10-3-2-4-11-5-6-12(9-13(10)11)15(16(17,18)19)21-8-7-14(22)20-21/h2-6,9,15H,7-8H2,1H3,(H,20,22). The topological polar surface area (TPSA) is 32.3 Å². The van der Waals surface area contributed by atoms with Gasteiger partial charge in [-0.1, -0.05) is 30.3 Å². The minimum Gasteiger partial charge on any atom is -0.288 e. The van der Waals surface area contributed by atoms with Crippen molar-refractivity contribution in [2.24, 2.45) is 0 Å². The second-order valence-corrected chi connectivity index (χ2v) is 5.48. The van der Waals surface area contributed by atoms with Gasteiger partial charge < -0.3 is 0 Å². The van der Waals surface area contributed by atoms with Crippen molar-refractivity contribution in [3.8, 4) is 0 Å². The number of benzene rings is 2. The first-order valence-corrected chi connectivity index (χ1v) is 6.98. The molecule has 1 amide bonds. The van der Waals surface area contributed by atoms with Gasteiger partial charge in [0.1, 0.15) is 6.04 Å². The molecular weight excluding hydrogens is 293 g/mol. The third-order valence-electron chi connectivity index (χ3n) is 3.91. The number of hydrogen-bond donors (Lipinski definition) is 1. The smallest absolute Gasteiger partial charge is 0.288 e. The highest BCUT2D eigenvalue weighted by atomic mass is 19.4. The van der Waals surface area contributed by atoms with E-state index in [1.54, 1.807) is 12.1 Å². The molecule has 6 heteroatoms.